The average Bonchev–Trinajstić information content (AvgIpc) is 2.45. The lowest BCUT2D eigenvalue weighted by atomic mass is 10.2. The van der Waals surface area contributed by atoms with Crippen LogP contribution >= 0.6 is 15.9 Å². The Morgan fingerprint density at radius 1 is 1.17 bits per heavy atom. The van der Waals surface area contributed by atoms with Crippen LogP contribution in [-0.2, 0) is 10.9 Å². The number of carbonyl (C=O) groups is 1. The summed E-state index contributed by atoms with van der Waals surface area (Å²) >= 11 is 2.86. The molecule has 1 aromatic carbocycles. The van der Waals surface area contributed by atoms with E-state index in [1.807, 2.05) is 0 Å². The number of benzene rings is 1. The van der Waals surface area contributed by atoms with E-state index in [1.54, 1.807) is 13.8 Å². The number of hydrogen-bond acceptors (Lipinski definition) is 5. The smallest absolute Gasteiger partial charge is 0.417 e. The van der Waals surface area contributed by atoms with Crippen molar-refractivity contribution in [3.8, 4) is 5.88 Å². The summed E-state index contributed by atoms with van der Waals surface area (Å²) in [4.78, 5) is 19.9. The van der Waals surface area contributed by atoms with Crippen LogP contribution in [0.15, 0.2) is 16.6 Å². The topological polar surface area (TPSA) is 61.3 Å². The fraction of sp³-hybridized carbons (Fsp3) is 0.357. The lowest BCUT2D eigenvalue weighted by Crippen LogP contribution is -2.12. The van der Waals surface area contributed by atoms with Crippen molar-refractivity contribution in [1.29, 1.82) is 0 Å². The van der Waals surface area contributed by atoms with Gasteiger partial charge in [0.1, 0.15) is 0 Å². The minimum absolute atomic E-state index is 0.0305. The summed E-state index contributed by atoms with van der Waals surface area (Å²) in [5.74, 6) is -0.907. The fourth-order valence-corrected chi connectivity index (χ4v) is 2.40. The zero-order valence-electron chi connectivity index (χ0n) is 12.2. The molecule has 0 spiro atoms. The minimum atomic E-state index is -4.54. The van der Waals surface area contributed by atoms with E-state index < -0.39 is 17.7 Å². The highest BCUT2D eigenvalue weighted by atomic mass is 79.9. The zero-order chi connectivity index (χ0) is 17.2. The fourth-order valence-electron chi connectivity index (χ4n) is 1.85. The first-order valence-electron chi connectivity index (χ1n) is 6.66. The average molecular weight is 393 g/mol. The van der Waals surface area contributed by atoms with Crippen LogP contribution < -0.4 is 4.74 Å². The molecule has 1 aromatic heterocycles. The van der Waals surface area contributed by atoms with E-state index in [9.17, 15) is 18.0 Å². The Morgan fingerprint density at radius 3 is 2.39 bits per heavy atom. The number of ether oxygens (including phenoxy) is 2. The van der Waals surface area contributed by atoms with Crippen LogP contribution in [0.25, 0.3) is 11.0 Å². The van der Waals surface area contributed by atoms with Crippen LogP contribution in [-0.4, -0.2) is 29.2 Å². The molecular weight excluding hydrogens is 381 g/mol. The van der Waals surface area contributed by atoms with E-state index in [0.717, 1.165) is 12.1 Å². The zero-order valence-corrected chi connectivity index (χ0v) is 13.8. The van der Waals surface area contributed by atoms with Crippen molar-refractivity contribution in [1.82, 2.24) is 9.97 Å². The standard InChI is InChI=1S/C14H12BrF3N2O3/c1-3-22-12-11(13(21)23-4-2)19-10-6-8(15)7(14(16,17)18)5-9(10)20-12/h5-6H,3-4H2,1-2H3. The molecule has 0 amide bonds. The maximum atomic E-state index is 12.9. The van der Waals surface area contributed by atoms with Gasteiger partial charge in [0, 0.05) is 4.47 Å². The number of rotatable bonds is 4. The van der Waals surface area contributed by atoms with Gasteiger partial charge in [-0.1, -0.05) is 15.9 Å². The Morgan fingerprint density at radius 2 is 1.83 bits per heavy atom. The van der Waals surface area contributed by atoms with Crippen LogP contribution in [0.2, 0.25) is 0 Å². The van der Waals surface area contributed by atoms with E-state index in [1.165, 1.54) is 0 Å². The predicted octanol–water partition coefficient (Wildman–Crippen LogP) is 3.99. The molecule has 0 N–H and O–H groups in total. The van der Waals surface area contributed by atoms with Gasteiger partial charge in [-0.15, -0.1) is 0 Å². The molecule has 9 heteroatoms. The van der Waals surface area contributed by atoms with Crippen molar-refractivity contribution < 1.29 is 27.4 Å². The molecule has 2 aromatic rings. The third-order valence-corrected chi connectivity index (χ3v) is 3.43. The number of alkyl halides is 3. The van der Waals surface area contributed by atoms with Crippen molar-refractivity contribution in [2.75, 3.05) is 13.2 Å². The van der Waals surface area contributed by atoms with E-state index in [2.05, 4.69) is 25.9 Å². The Labute approximate surface area is 137 Å². The van der Waals surface area contributed by atoms with Crippen LogP contribution in [0, 0.1) is 0 Å². The molecule has 0 saturated heterocycles. The second-order valence-electron chi connectivity index (χ2n) is 4.35. The molecular formula is C14H12BrF3N2O3. The van der Waals surface area contributed by atoms with E-state index in [0.29, 0.717) is 0 Å². The number of halogens is 4. The molecule has 0 unspecified atom stereocenters. The molecule has 1 heterocycles. The van der Waals surface area contributed by atoms with Gasteiger partial charge >= 0.3 is 12.1 Å². The second-order valence-corrected chi connectivity index (χ2v) is 5.20. The number of hydrogen-bond donors (Lipinski definition) is 0. The predicted molar refractivity (Wildman–Crippen MR) is 79.4 cm³/mol. The first kappa shape index (κ1) is 17.5. The highest BCUT2D eigenvalue weighted by Gasteiger charge is 2.34. The molecule has 0 aliphatic carbocycles. The Bertz CT molecular complexity index is 750. The number of esters is 1. The van der Waals surface area contributed by atoms with Crippen LogP contribution in [0.1, 0.15) is 29.9 Å². The van der Waals surface area contributed by atoms with Gasteiger partial charge < -0.3 is 9.47 Å². The van der Waals surface area contributed by atoms with Gasteiger partial charge in [-0.3, -0.25) is 0 Å². The number of fused-ring (bicyclic) bond motifs is 1. The van der Waals surface area contributed by atoms with Crippen molar-refractivity contribution in [3.05, 3.63) is 27.9 Å². The molecule has 0 fully saturated rings. The molecule has 5 nitrogen and oxygen atoms in total. The van der Waals surface area contributed by atoms with E-state index in [4.69, 9.17) is 9.47 Å². The van der Waals surface area contributed by atoms with E-state index in [-0.39, 0.29) is 40.3 Å². The van der Waals surface area contributed by atoms with Gasteiger partial charge in [0.2, 0.25) is 11.6 Å². The molecule has 0 aliphatic rings. The largest absolute Gasteiger partial charge is 0.476 e. The summed E-state index contributed by atoms with van der Waals surface area (Å²) in [5, 5.41) is 0. The molecule has 0 bridgehead atoms. The Hall–Kier alpha value is -1.90. The molecule has 0 atom stereocenters. The van der Waals surface area contributed by atoms with Gasteiger partial charge in [-0.05, 0) is 26.0 Å². The molecule has 23 heavy (non-hydrogen) atoms. The summed E-state index contributed by atoms with van der Waals surface area (Å²) in [6.07, 6.45) is -4.54. The lowest BCUT2D eigenvalue weighted by molar-refractivity contribution is -0.138. The number of aromatic nitrogens is 2. The monoisotopic (exact) mass is 392 g/mol. The summed E-state index contributed by atoms with van der Waals surface area (Å²) in [7, 11) is 0. The molecule has 2 rings (SSSR count). The van der Waals surface area contributed by atoms with Gasteiger partial charge in [-0.2, -0.15) is 13.2 Å². The van der Waals surface area contributed by atoms with E-state index >= 15 is 0 Å². The summed E-state index contributed by atoms with van der Waals surface area (Å²) < 4.78 is 48.7. The highest BCUT2D eigenvalue weighted by Crippen LogP contribution is 2.37. The highest BCUT2D eigenvalue weighted by molar-refractivity contribution is 9.10. The summed E-state index contributed by atoms with van der Waals surface area (Å²) in [6.45, 7) is 3.58. The number of nitrogens with zero attached hydrogens (tertiary/aromatic N) is 2. The van der Waals surface area contributed by atoms with Crippen LogP contribution in [0.4, 0.5) is 13.2 Å². The normalized spacial score (nSPS) is 11.6. The summed E-state index contributed by atoms with van der Waals surface area (Å²) in [6, 6.07) is 2.01. The minimum Gasteiger partial charge on any atom is -0.476 e. The Balaban J connectivity index is 2.66. The third kappa shape index (κ3) is 3.72. The van der Waals surface area contributed by atoms with Crippen LogP contribution in [0.3, 0.4) is 0 Å². The first-order chi connectivity index (χ1) is 10.8. The Kier molecular flexibility index (Phi) is 5.08. The number of carbonyl (C=O) groups excluding carboxylic acids is 1. The molecule has 0 saturated carbocycles. The molecule has 0 radical (unpaired) electrons. The molecule has 0 aliphatic heterocycles. The van der Waals surface area contributed by atoms with Crippen molar-refractivity contribution >= 4 is 32.9 Å². The second kappa shape index (κ2) is 6.69. The van der Waals surface area contributed by atoms with Crippen molar-refractivity contribution in [2.24, 2.45) is 0 Å². The quantitative estimate of drug-likeness (QED) is 0.736. The van der Waals surface area contributed by atoms with Gasteiger partial charge in [0.15, 0.2) is 0 Å². The van der Waals surface area contributed by atoms with Crippen LogP contribution in [0.5, 0.6) is 5.88 Å². The van der Waals surface area contributed by atoms with Gasteiger partial charge in [-0.25, -0.2) is 14.8 Å². The van der Waals surface area contributed by atoms with Crippen molar-refractivity contribution in [2.45, 2.75) is 20.0 Å². The maximum Gasteiger partial charge on any atom is 0.417 e. The first-order valence-corrected chi connectivity index (χ1v) is 7.45. The SMILES string of the molecule is CCOC(=O)c1nc2cc(Br)c(C(F)(F)F)cc2nc1OCC. The lowest BCUT2D eigenvalue weighted by Gasteiger charge is -2.12. The van der Waals surface area contributed by atoms with Gasteiger partial charge in [0.05, 0.1) is 29.8 Å². The van der Waals surface area contributed by atoms with Crippen molar-refractivity contribution in [3.63, 3.8) is 0 Å². The summed E-state index contributed by atoms with van der Waals surface area (Å²) in [5.41, 5.74) is -0.966. The third-order valence-electron chi connectivity index (χ3n) is 2.78. The molecule has 124 valence electrons. The van der Waals surface area contributed by atoms with Gasteiger partial charge in [0.25, 0.3) is 0 Å². The maximum absolute atomic E-state index is 12.9.